The molecule has 0 bridgehead atoms. The van der Waals surface area contributed by atoms with Crippen molar-refractivity contribution in [1.82, 2.24) is 10.2 Å². The number of nitrogens with one attached hydrogen (secondary N) is 1. The zero-order valence-electron chi connectivity index (χ0n) is 12.4. The Morgan fingerprint density at radius 2 is 1.95 bits per heavy atom. The highest BCUT2D eigenvalue weighted by molar-refractivity contribution is 5.86. The van der Waals surface area contributed by atoms with E-state index in [4.69, 9.17) is 4.74 Å². The van der Waals surface area contributed by atoms with Gasteiger partial charge >= 0.3 is 12.0 Å². The van der Waals surface area contributed by atoms with E-state index in [1.807, 2.05) is 6.92 Å². The number of hydrogen-bond acceptors (Lipinski definition) is 4. The monoisotopic (exact) mass is 300 g/mol. The van der Waals surface area contributed by atoms with Crippen molar-refractivity contribution < 1.29 is 24.5 Å². The van der Waals surface area contributed by atoms with E-state index in [9.17, 15) is 19.8 Å². The first-order valence-electron chi connectivity index (χ1n) is 7.53. The highest BCUT2D eigenvalue weighted by atomic mass is 16.5. The van der Waals surface area contributed by atoms with Crippen LogP contribution in [-0.4, -0.2) is 64.6 Å². The Morgan fingerprint density at radius 1 is 1.29 bits per heavy atom. The van der Waals surface area contributed by atoms with Crippen molar-refractivity contribution in [3.05, 3.63) is 0 Å². The van der Waals surface area contributed by atoms with Crippen LogP contribution in [0.25, 0.3) is 0 Å². The van der Waals surface area contributed by atoms with Gasteiger partial charge in [0.1, 0.15) is 5.54 Å². The fraction of sp³-hybridized carbons (Fsp3) is 0.857. The summed E-state index contributed by atoms with van der Waals surface area (Å²) in [5, 5.41) is 21.4. The van der Waals surface area contributed by atoms with Gasteiger partial charge in [0.2, 0.25) is 0 Å². The number of urea groups is 1. The van der Waals surface area contributed by atoms with Crippen LogP contribution in [0.1, 0.15) is 39.0 Å². The van der Waals surface area contributed by atoms with Gasteiger partial charge in [0.15, 0.2) is 0 Å². The zero-order valence-corrected chi connectivity index (χ0v) is 12.4. The van der Waals surface area contributed by atoms with Crippen molar-refractivity contribution in [2.24, 2.45) is 0 Å². The van der Waals surface area contributed by atoms with E-state index in [0.717, 1.165) is 19.3 Å². The molecule has 1 saturated heterocycles. The summed E-state index contributed by atoms with van der Waals surface area (Å²) in [5.74, 6) is -0.962. The van der Waals surface area contributed by atoms with Crippen LogP contribution in [0, 0.1) is 0 Å². The molecule has 0 aromatic carbocycles. The van der Waals surface area contributed by atoms with E-state index in [2.05, 4.69) is 5.32 Å². The van der Waals surface area contributed by atoms with Crippen molar-refractivity contribution in [2.45, 2.75) is 56.8 Å². The van der Waals surface area contributed by atoms with Crippen LogP contribution in [0.2, 0.25) is 0 Å². The van der Waals surface area contributed by atoms with Crippen molar-refractivity contribution in [3.63, 3.8) is 0 Å². The number of ether oxygens (including phenoxy) is 1. The Bertz CT molecular complexity index is 395. The Balaban J connectivity index is 2.03. The van der Waals surface area contributed by atoms with E-state index in [1.54, 1.807) is 0 Å². The Morgan fingerprint density at radius 3 is 2.52 bits per heavy atom. The van der Waals surface area contributed by atoms with Gasteiger partial charge in [-0.1, -0.05) is 19.3 Å². The van der Waals surface area contributed by atoms with Gasteiger partial charge in [-0.2, -0.15) is 0 Å². The quantitative estimate of drug-likeness (QED) is 0.707. The van der Waals surface area contributed by atoms with Gasteiger partial charge in [-0.25, -0.2) is 9.59 Å². The van der Waals surface area contributed by atoms with Crippen LogP contribution in [0.5, 0.6) is 0 Å². The van der Waals surface area contributed by atoms with Crippen molar-refractivity contribution in [2.75, 3.05) is 19.7 Å². The molecule has 2 atom stereocenters. The van der Waals surface area contributed by atoms with Crippen LogP contribution in [0.15, 0.2) is 0 Å². The minimum Gasteiger partial charge on any atom is -0.480 e. The summed E-state index contributed by atoms with van der Waals surface area (Å²) < 4.78 is 5.49. The lowest BCUT2D eigenvalue weighted by atomic mass is 9.82. The highest BCUT2D eigenvalue weighted by Gasteiger charge is 2.42. The Labute approximate surface area is 124 Å². The SMILES string of the molecule is CC1CN(C(=O)NC2(C(=O)O)CCCCC2)CC(CO)O1. The second kappa shape index (κ2) is 6.62. The molecule has 1 aliphatic carbocycles. The number of carboxylic acid groups (broad SMARTS) is 1. The summed E-state index contributed by atoms with van der Waals surface area (Å²) in [5.41, 5.74) is -1.15. The van der Waals surface area contributed by atoms with Crippen molar-refractivity contribution in [3.8, 4) is 0 Å². The van der Waals surface area contributed by atoms with Gasteiger partial charge in [-0.05, 0) is 19.8 Å². The molecule has 0 aromatic heterocycles. The van der Waals surface area contributed by atoms with E-state index in [1.165, 1.54) is 4.90 Å². The maximum Gasteiger partial charge on any atom is 0.329 e. The second-order valence-electron chi connectivity index (χ2n) is 6.03. The van der Waals surface area contributed by atoms with E-state index >= 15 is 0 Å². The molecule has 3 N–H and O–H groups in total. The summed E-state index contributed by atoms with van der Waals surface area (Å²) in [6.07, 6.45) is 2.98. The minimum absolute atomic E-state index is 0.155. The largest absolute Gasteiger partial charge is 0.480 e. The lowest BCUT2D eigenvalue weighted by Crippen LogP contribution is -2.61. The van der Waals surface area contributed by atoms with E-state index in [0.29, 0.717) is 19.4 Å². The van der Waals surface area contributed by atoms with Crippen LogP contribution < -0.4 is 5.32 Å². The minimum atomic E-state index is -1.15. The predicted octanol–water partition coefficient (Wildman–Crippen LogP) is 0.565. The molecule has 2 aliphatic rings. The van der Waals surface area contributed by atoms with Gasteiger partial charge in [-0.3, -0.25) is 0 Å². The summed E-state index contributed by atoms with van der Waals surface area (Å²) >= 11 is 0. The smallest absolute Gasteiger partial charge is 0.329 e. The average molecular weight is 300 g/mol. The molecule has 1 heterocycles. The summed E-state index contributed by atoms with van der Waals surface area (Å²) in [4.78, 5) is 25.5. The van der Waals surface area contributed by atoms with Crippen LogP contribution in [-0.2, 0) is 9.53 Å². The Kier molecular flexibility index (Phi) is 5.05. The molecule has 21 heavy (non-hydrogen) atoms. The van der Waals surface area contributed by atoms with Gasteiger partial charge < -0.3 is 25.2 Å². The summed E-state index contributed by atoms with van der Waals surface area (Å²) in [6.45, 7) is 2.36. The van der Waals surface area contributed by atoms with E-state index < -0.39 is 17.6 Å². The molecule has 2 unspecified atom stereocenters. The molecule has 1 saturated carbocycles. The molecule has 0 radical (unpaired) electrons. The first kappa shape index (κ1) is 16.0. The number of aliphatic hydroxyl groups is 1. The molecule has 120 valence electrons. The first-order chi connectivity index (χ1) is 9.97. The standard InChI is InChI=1S/C14H24N2O5/c1-10-7-16(8-11(9-17)21-10)13(20)15-14(12(18)19)5-3-2-4-6-14/h10-11,17H,2-9H2,1H3,(H,15,20)(H,18,19). The van der Waals surface area contributed by atoms with Crippen LogP contribution >= 0.6 is 0 Å². The molecular formula is C14H24N2O5. The second-order valence-corrected chi connectivity index (χ2v) is 6.03. The third-order valence-electron chi connectivity index (χ3n) is 4.28. The lowest BCUT2D eigenvalue weighted by molar-refractivity contribution is -0.146. The number of carbonyl (C=O) groups excluding carboxylic acids is 1. The topological polar surface area (TPSA) is 99.1 Å². The highest BCUT2D eigenvalue weighted by Crippen LogP contribution is 2.29. The first-order valence-corrected chi connectivity index (χ1v) is 7.53. The molecule has 2 fully saturated rings. The molecular weight excluding hydrogens is 276 g/mol. The van der Waals surface area contributed by atoms with Crippen LogP contribution in [0.3, 0.4) is 0 Å². The molecule has 2 rings (SSSR count). The molecule has 0 aromatic rings. The molecule has 7 heteroatoms. The van der Waals surface area contributed by atoms with E-state index in [-0.39, 0.29) is 25.3 Å². The molecule has 2 amide bonds. The van der Waals surface area contributed by atoms with Gasteiger partial charge in [0.25, 0.3) is 0 Å². The van der Waals surface area contributed by atoms with Gasteiger partial charge in [0, 0.05) is 6.54 Å². The zero-order chi connectivity index (χ0) is 15.5. The normalized spacial score (nSPS) is 29.0. The third kappa shape index (κ3) is 3.65. The summed E-state index contributed by atoms with van der Waals surface area (Å²) in [6, 6.07) is -0.382. The number of carbonyl (C=O) groups is 2. The Hall–Kier alpha value is -1.34. The third-order valence-corrected chi connectivity index (χ3v) is 4.28. The number of carboxylic acids is 1. The predicted molar refractivity (Wildman–Crippen MR) is 75.0 cm³/mol. The fourth-order valence-corrected chi connectivity index (χ4v) is 3.14. The molecule has 0 spiro atoms. The molecule has 7 nitrogen and oxygen atoms in total. The van der Waals surface area contributed by atoms with Gasteiger partial charge in [0.05, 0.1) is 25.4 Å². The van der Waals surface area contributed by atoms with Crippen molar-refractivity contribution in [1.29, 1.82) is 0 Å². The number of morpholine rings is 1. The van der Waals surface area contributed by atoms with Gasteiger partial charge in [-0.15, -0.1) is 0 Å². The lowest BCUT2D eigenvalue weighted by Gasteiger charge is -2.40. The number of aliphatic hydroxyl groups excluding tert-OH is 1. The number of nitrogens with zero attached hydrogens (tertiary/aromatic N) is 1. The number of amides is 2. The summed E-state index contributed by atoms with van der Waals surface area (Å²) in [7, 11) is 0. The maximum absolute atomic E-state index is 12.4. The molecule has 1 aliphatic heterocycles. The fourth-order valence-electron chi connectivity index (χ4n) is 3.14. The average Bonchev–Trinajstić information content (AvgIpc) is 2.47. The maximum atomic E-state index is 12.4. The van der Waals surface area contributed by atoms with Crippen molar-refractivity contribution >= 4 is 12.0 Å². The number of hydrogen-bond donors (Lipinski definition) is 3. The number of aliphatic carboxylic acids is 1. The van der Waals surface area contributed by atoms with Crippen LogP contribution in [0.4, 0.5) is 4.79 Å². The number of rotatable bonds is 3.